The van der Waals surface area contributed by atoms with Gasteiger partial charge >= 0.3 is 0 Å². The van der Waals surface area contributed by atoms with Gasteiger partial charge in [-0.3, -0.25) is 4.68 Å². The minimum absolute atomic E-state index is 0.288. The molecule has 3 heteroatoms. The van der Waals surface area contributed by atoms with Crippen molar-refractivity contribution >= 4 is 0 Å². The van der Waals surface area contributed by atoms with E-state index in [1.165, 1.54) is 0 Å². The zero-order valence-corrected chi connectivity index (χ0v) is 8.13. The van der Waals surface area contributed by atoms with Crippen molar-refractivity contribution in [2.24, 2.45) is 7.05 Å². The van der Waals surface area contributed by atoms with E-state index in [1.807, 2.05) is 27.8 Å². The van der Waals surface area contributed by atoms with Gasteiger partial charge in [-0.15, -0.1) is 0 Å². The smallest absolute Gasteiger partial charge is 0.160 e. The number of rotatable bonds is 2. The lowest BCUT2D eigenvalue weighted by Crippen LogP contribution is -1.96. The minimum atomic E-state index is 0.288. The summed E-state index contributed by atoms with van der Waals surface area (Å²) in [4.78, 5) is 0. The van der Waals surface area contributed by atoms with Crippen LogP contribution >= 0.6 is 0 Å². The molecule has 0 atom stereocenters. The third kappa shape index (κ3) is 1.31. The van der Waals surface area contributed by atoms with E-state index in [9.17, 15) is 5.11 Å². The first kappa shape index (κ1) is 9.10. The highest BCUT2D eigenvalue weighted by Crippen LogP contribution is 2.27. The van der Waals surface area contributed by atoms with Crippen molar-refractivity contribution in [1.29, 1.82) is 0 Å². The summed E-state index contributed by atoms with van der Waals surface area (Å²) in [5.74, 6) is 0.659. The molecule has 0 amide bonds. The largest absolute Gasteiger partial charge is 0.504 e. The second-order valence-corrected chi connectivity index (χ2v) is 3.31. The van der Waals surface area contributed by atoms with Crippen LogP contribution in [0.5, 0.6) is 5.75 Å². The second kappa shape index (κ2) is 3.17. The topological polar surface area (TPSA) is 38.1 Å². The fraction of sp³-hybridized carbons (Fsp3) is 0.667. The Morgan fingerprint density at radius 3 is 2.33 bits per heavy atom. The molecular formula is C9H16N2O. The van der Waals surface area contributed by atoms with Crippen LogP contribution < -0.4 is 0 Å². The van der Waals surface area contributed by atoms with Crippen molar-refractivity contribution in [3.05, 3.63) is 11.4 Å². The summed E-state index contributed by atoms with van der Waals surface area (Å²) in [6.45, 7) is 6.07. The Kier molecular flexibility index (Phi) is 2.40. The lowest BCUT2D eigenvalue weighted by molar-refractivity contribution is 0.457. The molecule has 0 saturated carbocycles. The van der Waals surface area contributed by atoms with Crippen LogP contribution in [0.15, 0.2) is 0 Å². The van der Waals surface area contributed by atoms with E-state index in [2.05, 4.69) is 5.10 Å². The summed E-state index contributed by atoms with van der Waals surface area (Å²) in [7, 11) is 1.87. The zero-order chi connectivity index (χ0) is 9.30. The van der Waals surface area contributed by atoms with Crippen molar-refractivity contribution in [3.8, 4) is 5.75 Å². The first-order chi connectivity index (χ1) is 5.57. The van der Waals surface area contributed by atoms with Crippen molar-refractivity contribution in [1.82, 2.24) is 9.78 Å². The Labute approximate surface area is 73.0 Å². The number of nitrogens with zero attached hydrogens (tertiary/aromatic N) is 2. The number of hydrogen-bond acceptors (Lipinski definition) is 2. The monoisotopic (exact) mass is 168 g/mol. The molecule has 0 aliphatic rings. The summed E-state index contributed by atoms with van der Waals surface area (Å²) < 4.78 is 1.75. The lowest BCUT2D eigenvalue weighted by Gasteiger charge is -1.99. The van der Waals surface area contributed by atoms with Crippen molar-refractivity contribution < 1.29 is 5.11 Å². The quantitative estimate of drug-likeness (QED) is 0.731. The van der Waals surface area contributed by atoms with Gasteiger partial charge in [0.2, 0.25) is 0 Å². The number of hydrogen-bond donors (Lipinski definition) is 1. The van der Waals surface area contributed by atoms with Crippen LogP contribution in [0, 0.1) is 0 Å². The predicted molar refractivity (Wildman–Crippen MR) is 48.3 cm³/mol. The minimum Gasteiger partial charge on any atom is -0.504 e. The molecule has 0 radical (unpaired) electrons. The van der Waals surface area contributed by atoms with Crippen molar-refractivity contribution in [2.45, 2.75) is 33.1 Å². The molecule has 1 aromatic rings. The fourth-order valence-corrected chi connectivity index (χ4v) is 1.36. The molecule has 12 heavy (non-hydrogen) atoms. The molecule has 0 aliphatic heterocycles. The van der Waals surface area contributed by atoms with E-state index in [1.54, 1.807) is 4.68 Å². The Morgan fingerprint density at radius 2 is 2.08 bits per heavy atom. The molecule has 1 aromatic heterocycles. The maximum absolute atomic E-state index is 9.70. The summed E-state index contributed by atoms with van der Waals surface area (Å²) in [5, 5.41) is 13.9. The van der Waals surface area contributed by atoms with Crippen LogP contribution in [0.25, 0.3) is 0 Å². The number of aromatic hydroxyl groups is 1. The van der Waals surface area contributed by atoms with Gasteiger partial charge in [0, 0.05) is 13.0 Å². The SMILES string of the molecule is CCc1c(O)c(C(C)C)nn1C. The van der Waals surface area contributed by atoms with Crippen LogP contribution in [-0.4, -0.2) is 14.9 Å². The van der Waals surface area contributed by atoms with Crippen LogP contribution in [-0.2, 0) is 13.5 Å². The first-order valence-electron chi connectivity index (χ1n) is 4.32. The Balaban J connectivity index is 3.17. The Morgan fingerprint density at radius 1 is 1.50 bits per heavy atom. The molecule has 1 heterocycles. The first-order valence-corrected chi connectivity index (χ1v) is 4.32. The van der Waals surface area contributed by atoms with Gasteiger partial charge in [0.05, 0.1) is 5.69 Å². The van der Waals surface area contributed by atoms with Gasteiger partial charge in [-0.25, -0.2) is 0 Å². The van der Waals surface area contributed by atoms with Gasteiger partial charge in [0.1, 0.15) is 5.69 Å². The van der Waals surface area contributed by atoms with E-state index in [0.29, 0.717) is 5.75 Å². The molecule has 3 nitrogen and oxygen atoms in total. The maximum Gasteiger partial charge on any atom is 0.160 e. The summed E-state index contributed by atoms with van der Waals surface area (Å²) in [6, 6.07) is 0. The van der Waals surface area contributed by atoms with Gasteiger partial charge in [0.15, 0.2) is 5.75 Å². The maximum atomic E-state index is 9.70. The summed E-state index contributed by atoms with van der Waals surface area (Å²) >= 11 is 0. The molecule has 1 N–H and O–H groups in total. The van der Waals surface area contributed by atoms with Crippen LogP contribution in [0.1, 0.15) is 38.1 Å². The Hall–Kier alpha value is -0.990. The average Bonchev–Trinajstić information content (AvgIpc) is 2.27. The van der Waals surface area contributed by atoms with Crippen molar-refractivity contribution in [3.63, 3.8) is 0 Å². The lowest BCUT2D eigenvalue weighted by atomic mass is 10.1. The molecule has 0 bridgehead atoms. The predicted octanol–water partition coefficient (Wildman–Crippen LogP) is 1.81. The summed E-state index contributed by atoms with van der Waals surface area (Å²) in [6.07, 6.45) is 0.821. The second-order valence-electron chi connectivity index (χ2n) is 3.31. The van der Waals surface area contributed by atoms with Gasteiger partial charge in [0.25, 0.3) is 0 Å². The van der Waals surface area contributed by atoms with Gasteiger partial charge in [-0.1, -0.05) is 20.8 Å². The van der Waals surface area contributed by atoms with E-state index < -0.39 is 0 Å². The van der Waals surface area contributed by atoms with E-state index in [0.717, 1.165) is 17.8 Å². The van der Waals surface area contributed by atoms with Crippen LogP contribution in [0.3, 0.4) is 0 Å². The van der Waals surface area contributed by atoms with Gasteiger partial charge < -0.3 is 5.11 Å². The van der Waals surface area contributed by atoms with Gasteiger partial charge in [-0.2, -0.15) is 5.10 Å². The molecular weight excluding hydrogens is 152 g/mol. The van der Waals surface area contributed by atoms with Crippen molar-refractivity contribution in [2.75, 3.05) is 0 Å². The normalized spacial score (nSPS) is 11.1. The zero-order valence-electron chi connectivity index (χ0n) is 8.13. The number of aryl methyl sites for hydroxylation is 1. The van der Waals surface area contributed by atoms with E-state index >= 15 is 0 Å². The third-order valence-corrected chi connectivity index (χ3v) is 2.05. The van der Waals surface area contributed by atoms with E-state index in [-0.39, 0.29) is 5.92 Å². The average molecular weight is 168 g/mol. The van der Waals surface area contributed by atoms with E-state index in [4.69, 9.17) is 0 Å². The Bertz CT molecular complexity index is 276. The van der Waals surface area contributed by atoms with Crippen LogP contribution in [0.2, 0.25) is 0 Å². The molecule has 0 aromatic carbocycles. The third-order valence-electron chi connectivity index (χ3n) is 2.05. The molecule has 1 rings (SSSR count). The van der Waals surface area contributed by atoms with Gasteiger partial charge in [-0.05, 0) is 6.42 Å². The highest BCUT2D eigenvalue weighted by Gasteiger charge is 2.15. The molecule has 0 saturated heterocycles. The summed E-state index contributed by atoms with van der Waals surface area (Å²) in [5.41, 5.74) is 1.72. The molecule has 0 spiro atoms. The molecule has 0 aliphatic carbocycles. The highest BCUT2D eigenvalue weighted by molar-refractivity contribution is 5.33. The number of aromatic nitrogens is 2. The molecule has 0 unspecified atom stereocenters. The fourth-order valence-electron chi connectivity index (χ4n) is 1.36. The highest BCUT2D eigenvalue weighted by atomic mass is 16.3. The molecule has 0 fully saturated rings. The molecule has 68 valence electrons. The van der Waals surface area contributed by atoms with Crippen LogP contribution in [0.4, 0.5) is 0 Å². The standard InChI is InChI=1S/C9H16N2O/c1-5-7-9(12)8(6(2)3)10-11(7)4/h6,12H,5H2,1-4H3.